The highest BCUT2D eigenvalue weighted by Crippen LogP contribution is 2.26. The van der Waals surface area contributed by atoms with Crippen LogP contribution < -0.4 is 5.32 Å². The summed E-state index contributed by atoms with van der Waals surface area (Å²) in [5.41, 5.74) is 0. The monoisotopic (exact) mass is 213 g/mol. The van der Waals surface area contributed by atoms with E-state index in [-0.39, 0.29) is 6.42 Å². The lowest BCUT2D eigenvalue weighted by Crippen LogP contribution is -2.20. The van der Waals surface area contributed by atoms with Crippen LogP contribution in [0.1, 0.15) is 51.4 Å². The van der Waals surface area contributed by atoms with E-state index in [0.717, 1.165) is 12.5 Å². The predicted molar refractivity (Wildman–Crippen MR) is 60.9 cm³/mol. The summed E-state index contributed by atoms with van der Waals surface area (Å²) in [7, 11) is 0. The first kappa shape index (κ1) is 12.5. The van der Waals surface area contributed by atoms with E-state index in [9.17, 15) is 4.79 Å². The van der Waals surface area contributed by atoms with E-state index < -0.39 is 5.97 Å². The number of carboxylic acid groups (broad SMARTS) is 1. The molecular formula is C12H23NO2. The Bertz CT molecular complexity index is 176. The van der Waals surface area contributed by atoms with Crippen molar-refractivity contribution in [2.24, 2.45) is 5.92 Å². The standard InChI is InChI=1S/C12H23NO2/c14-12(15)8-10-13-9-4-7-11-5-2-1-3-6-11/h11,13H,1-10H2,(H,14,15). The maximum Gasteiger partial charge on any atom is 0.304 e. The third-order valence-electron chi connectivity index (χ3n) is 3.21. The number of hydrogen-bond acceptors (Lipinski definition) is 2. The molecule has 0 radical (unpaired) electrons. The van der Waals surface area contributed by atoms with Crippen LogP contribution in [0.3, 0.4) is 0 Å². The van der Waals surface area contributed by atoms with Crippen LogP contribution in [0, 0.1) is 5.92 Å². The zero-order valence-corrected chi connectivity index (χ0v) is 9.50. The van der Waals surface area contributed by atoms with Crippen LogP contribution in [0.4, 0.5) is 0 Å². The van der Waals surface area contributed by atoms with Crippen molar-refractivity contribution in [1.82, 2.24) is 5.32 Å². The SMILES string of the molecule is O=C(O)CCNCCCC1CCCCC1. The molecule has 15 heavy (non-hydrogen) atoms. The Kier molecular flexibility index (Phi) is 6.41. The van der Waals surface area contributed by atoms with E-state index in [1.165, 1.54) is 44.9 Å². The fourth-order valence-electron chi connectivity index (χ4n) is 2.31. The van der Waals surface area contributed by atoms with Crippen molar-refractivity contribution in [2.75, 3.05) is 13.1 Å². The average Bonchev–Trinajstić information content (AvgIpc) is 2.24. The van der Waals surface area contributed by atoms with E-state index in [4.69, 9.17) is 5.11 Å². The molecule has 0 aromatic carbocycles. The Balaban J connectivity index is 1.85. The molecule has 0 amide bonds. The van der Waals surface area contributed by atoms with Gasteiger partial charge in [-0.3, -0.25) is 4.79 Å². The Labute approximate surface area is 92.3 Å². The lowest BCUT2D eigenvalue weighted by molar-refractivity contribution is -0.136. The Morgan fingerprint density at radius 1 is 1.20 bits per heavy atom. The zero-order chi connectivity index (χ0) is 10.9. The van der Waals surface area contributed by atoms with Gasteiger partial charge in [0.15, 0.2) is 0 Å². The normalized spacial score (nSPS) is 17.9. The van der Waals surface area contributed by atoms with Gasteiger partial charge in [-0.05, 0) is 25.3 Å². The van der Waals surface area contributed by atoms with Gasteiger partial charge in [0.25, 0.3) is 0 Å². The van der Waals surface area contributed by atoms with Gasteiger partial charge in [0.2, 0.25) is 0 Å². The number of carboxylic acids is 1. The largest absolute Gasteiger partial charge is 0.481 e. The van der Waals surface area contributed by atoms with Crippen LogP contribution in [0.15, 0.2) is 0 Å². The summed E-state index contributed by atoms with van der Waals surface area (Å²) in [5, 5.41) is 11.6. The third kappa shape index (κ3) is 6.50. The van der Waals surface area contributed by atoms with Gasteiger partial charge in [-0.1, -0.05) is 32.1 Å². The van der Waals surface area contributed by atoms with Gasteiger partial charge in [-0.15, -0.1) is 0 Å². The first-order chi connectivity index (χ1) is 7.29. The van der Waals surface area contributed by atoms with Crippen molar-refractivity contribution < 1.29 is 9.90 Å². The third-order valence-corrected chi connectivity index (χ3v) is 3.21. The topological polar surface area (TPSA) is 49.3 Å². The van der Waals surface area contributed by atoms with Gasteiger partial charge in [-0.2, -0.15) is 0 Å². The van der Waals surface area contributed by atoms with Gasteiger partial charge in [0, 0.05) is 6.54 Å². The van der Waals surface area contributed by atoms with Crippen molar-refractivity contribution in [2.45, 2.75) is 51.4 Å². The van der Waals surface area contributed by atoms with Gasteiger partial charge in [-0.25, -0.2) is 0 Å². The summed E-state index contributed by atoms with van der Waals surface area (Å²) in [6.07, 6.45) is 9.83. The molecule has 0 aromatic rings. The van der Waals surface area contributed by atoms with Crippen molar-refractivity contribution in [1.29, 1.82) is 0 Å². The smallest absolute Gasteiger partial charge is 0.304 e. The van der Waals surface area contributed by atoms with Gasteiger partial charge < -0.3 is 10.4 Å². The van der Waals surface area contributed by atoms with Crippen LogP contribution in [-0.4, -0.2) is 24.2 Å². The van der Waals surface area contributed by atoms with Gasteiger partial charge in [0.05, 0.1) is 6.42 Å². The quantitative estimate of drug-likeness (QED) is 0.638. The molecule has 0 unspecified atom stereocenters. The Hall–Kier alpha value is -0.570. The average molecular weight is 213 g/mol. The molecule has 0 aromatic heterocycles. The number of carbonyl (C=O) groups is 1. The molecule has 1 rings (SSSR count). The minimum Gasteiger partial charge on any atom is -0.481 e. The lowest BCUT2D eigenvalue weighted by atomic mass is 9.86. The summed E-state index contributed by atoms with van der Waals surface area (Å²) in [6.45, 7) is 1.59. The predicted octanol–water partition coefficient (Wildman–Crippen LogP) is 2.41. The van der Waals surface area contributed by atoms with Crippen molar-refractivity contribution in [3.8, 4) is 0 Å². The molecule has 0 atom stereocenters. The molecule has 0 bridgehead atoms. The fraction of sp³-hybridized carbons (Fsp3) is 0.917. The molecule has 0 heterocycles. The van der Waals surface area contributed by atoms with Crippen molar-refractivity contribution in [3.63, 3.8) is 0 Å². The minimum absolute atomic E-state index is 0.240. The zero-order valence-electron chi connectivity index (χ0n) is 9.50. The van der Waals surface area contributed by atoms with Crippen LogP contribution in [0.25, 0.3) is 0 Å². The lowest BCUT2D eigenvalue weighted by Gasteiger charge is -2.21. The highest BCUT2D eigenvalue weighted by atomic mass is 16.4. The highest BCUT2D eigenvalue weighted by Gasteiger charge is 2.12. The molecule has 3 nitrogen and oxygen atoms in total. The molecule has 0 spiro atoms. The van der Waals surface area contributed by atoms with Gasteiger partial charge in [0.1, 0.15) is 0 Å². The van der Waals surface area contributed by atoms with Crippen LogP contribution in [0.2, 0.25) is 0 Å². The first-order valence-corrected chi connectivity index (χ1v) is 6.21. The number of hydrogen-bond donors (Lipinski definition) is 2. The molecule has 1 saturated carbocycles. The number of nitrogens with one attached hydrogen (secondary N) is 1. The van der Waals surface area contributed by atoms with Crippen molar-refractivity contribution >= 4 is 5.97 Å². The summed E-state index contributed by atoms with van der Waals surface area (Å²) in [6, 6.07) is 0. The maximum absolute atomic E-state index is 10.2. The molecule has 1 fully saturated rings. The van der Waals surface area contributed by atoms with Crippen LogP contribution >= 0.6 is 0 Å². The summed E-state index contributed by atoms with van der Waals surface area (Å²) in [5.74, 6) is 0.231. The second-order valence-electron chi connectivity index (χ2n) is 4.54. The van der Waals surface area contributed by atoms with Gasteiger partial charge >= 0.3 is 5.97 Å². The molecule has 0 saturated heterocycles. The summed E-state index contributed by atoms with van der Waals surface area (Å²) >= 11 is 0. The molecular weight excluding hydrogens is 190 g/mol. The Morgan fingerprint density at radius 2 is 1.93 bits per heavy atom. The van der Waals surface area contributed by atoms with E-state index in [1.807, 2.05) is 0 Å². The fourth-order valence-corrected chi connectivity index (χ4v) is 2.31. The molecule has 0 aliphatic heterocycles. The molecule has 2 N–H and O–H groups in total. The van der Waals surface area contributed by atoms with E-state index in [1.54, 1.807) is 0 Å². The molecule has 1 aliphatic rings. The number of rotatable bonds is 7. The Morgan fingerprint density at radius 3 is 2.60 bits per heavy atom. The second-order valence-corrected chi connectivity index (χ2v) is 4.54. The highest BCUT2D eigenvalue weighted by molar-refractivity contribution is 5.66. The first-order valence-electron chi connectivity index (χ1n) is 6.21. The second kappa shape index (κ2) is 7.69. The van der Waals surface area contributed by atoms with E-state index in [0.29, 0.717) is 6.54 Å². The minimum atomic E-state index is -0.713. The molecule has 1 aliphatic carbocycles. The molecule has 3 heteroatoms. The van der Waals surface area contributed by atoms with Crippen molar-refractivity contribution in [3.05, 3.63) is 0 Å². The summed E-state index contributed by atoms with van der Waals surface area (Å²) in [4.78, 5) is 10.2. The van der Waals surface area contributed by atoms with E-state index >= 15 is 0 Å². The van der Waals surface area contributed by atoms with Crippen LogP contribution in [0.5, 0.6) is 0 Å². The summed E-state index contributed by atoms with van der Waals surface area (Å²) < 4.78 is 0. The molecule has 88 valence electrons. The number of aliphatic carboxylic acids is 1. The van der Waals surface area contributed by atoms with Crippen LogP contribution in [-0.2, 0) is 4.79 Å². The van der Waals surface area contributed by atoms with E-state index in [2.05, 4.69) is 5.32 Å². The maximum atomic E-state index is 10.2.